The lowest BCUT2D eigenvalue weighted by Crippen LogP contribution is -2.20. The fraction of sp³-hybridized carbons (Fsp3) is 0.385. The summed E-state index contributed by atoms with van der Waals surface area (Å²) in [5.74, 6) is 6.06. The van der Waals surface area contributed by atoms with Gasteiger partial charge >= 0.3 is 0 Å². The zero-order valence-corrected chi connectivity index (χ0v) is 10.8. The molecule has 0 amide bonds. The van der Waals surface area contributed by atoms with Crippen molar-refractivity contribution in [3.05, 3.63) is 34.3 Å². The largest absolute Gasteiger partial charge is 0.309 e. The standard InChI is InChI=1S/C13H16BrN/c1-3-5-9-13(15-4-2)11-7-6-8-12(14)10-11/h6-8,10,13,15H,4,9H2,1-2H3. The Bertz CT molecular complexity index is 362. The second kappa shape index (κ2) is 6.66. The SMILES string of the molecule is CC#CCC(NCC)c1cccc(Br)c1. The summed E-state index contributed by atoms with van der Waals surface area (Å²) in [5, 5.41) is 3.44. The minimum atomic E-state index is 0.333. The van der Waals surface area contributed by atoms with Crippen molar-refractivity contribution in [2.45, 2.75) is 26.3 Å². The second-order valence-electron chi connectivity index (χ2n) is 3.30. The number of nitrogens with one attached hydrogen (secondary N) is 1. The van der Waals surface area contributed by atoms with Crippen LogP contribution in [0.5, 0.6) is 0 Å². The Morgan fingerprint density at radius 1 is 1.47 bits per heavy atom. The van der Waals surface area contributed by atoms with Crippen molar-refractivity contribution in [2.75, 3.05) is 6.54 Å². The molecule has 0 saturated heterocycles. The van der Waals surface area contributed by atoms with Crippen LogP contribution in [0, 0.1) is 11.8 Å². The van der Waals surface area contributed by atoms with Crippen LogP contribution < -0.4 is 5.32 Å². The van der Waals surface area contributed by atoms with Gasteiger partial charge in [0.05, 0.1) is 0 Å². The molecule has 0 aliphatic rings. The fourth-order valence-corrected chi connectivity index (χ4v) is 1.90. The number of halogens is 1. The molecule has 0 saturated carbocycles. The van der Waals surface area contributed by atoms with E-state index < -0.39 is 0 Å². The lowest BCUT2D eigenvalue weighted by atomic mass is 10.0. The molecule has 0 fully saturated rings. The van der Waals surface area contributed by atoms with E-state index in [1.807, 2.05) is 13.0 Å². The summed E-state index contributed by atoms with van der Waals surface area (Å²) in [6.07, 6.45) is 0.862. The van der Waals surface area contributed by atoms with Gasteiger partial charge in [-0.3, -0.25) is 0 Å². The highest BCUT2D eigenvalue weighted by atomic mass is 79.9. The summed E-state index contributed by atoms with van der Waals surface area (Å²) in [6.45, 7) is 4.96. The predicted molar refractivity (Wildman–Crippen MR) is 68.6 cm³/mol. The summed E-state index contributed by atoms with van der Waals surface area (Å²) in [6, 6.07) is 8.71. The van der Waals surface area contributed by atoms with Crippen LogP contribution >= 0.6 is 15.9 Å². The zero-order chi connectivity index (χ0) is 11.1. The Morgan fingerprint density at radius 3 is 2.87 bits per heavy atom. The minimum Gasteiger partial charge on any atom is -0.309 e. The quantitative estimate of drug-likeness (QED) is 0.822. The Kier molecular flexibility index (Phi) is 5.45. The monoisotopic (exact) mass is 265 g/mol. The summed E-state index contributed by atoms with van der Waals surface area (Å²) >= 11 is 3.49. The van der Waals surface area contributed by atoms with Gasteiger partial charge in [0.2, 0.25) is 0 Å². The van der Waals surface area contributed by atoms with Gasteiger partial charge in [-0.15, -0.1) is 11.8 Å². The highest BCUT2D eigenvalue weighted by Gasteiger charge is 2.08. The van der Waals surface area contributed by atoms with Crippen LogP contribution in [-0.4, -0.2) is 6.54 Å². The maximum absolute atomic E-state index is 3.49. The van der Waals surface area contributed by atoms with E-state index in [1.54, 1.807) is 0 Å². The molecule has 2 heteroatoms. The van der Waals surface area contributed by atoms with Crippen molar-refractivity contribution in [3.63, 3.8) is 0 Å². The van der Waals surface area contributed by atoms with Crippen LogP contribution in [0.15, 0.2) is 28.7 Å². The topological polar surface area (TPSA) is 12.0 Å². The van der Waals surface area contributed by atoms with Crippen LogP contribution in [-0.2, 0) is 0 Å². The van der Waals surface area contributed by atoms with Gasteiger partial charge in [0.1, 0.15) is 0 Å². The van der Waals surface area contributed by atoms with E-state index in [1.165, 1.54) is 5.56 Å². The molecule has 1 unspecified atom stereocenters. The van der Waals surface area contributed by atoms with Gasteiger partial charge in [0.15, 0.2) is 0 Å². The number of benzene rings is 1. The van der Waals surface area contributed by atoms with Gasteiger partial charge in [0.25, 0.3) is 0 Å². The van der Waals surface area contributed by atoms with Crippen molar-refractivity contribution < 1.29 is 0 Å². The first kappa shape index (κ1) is 12.3. The second-order valence-corrected chi connectivity index (χ2v) is 4.21. The Balaban J connectivity index is 2.81. The van der Waals surface area contributed by atoms with E-state index >= 15 is 0 Å². The number of rotatable bonds is 4. The van der Waals surface area contributed by atoms with Gasteiger partial charge in [-0.05, 0) is 31.2 Å². The van der Waals surface area contributed by atoms with Crippen LogP contribution in [0.25, 0.3) is 0 Å². The Hall–Kier alpha value is -0.780. The van der Waals surface area contributed by atoms with Crippen molar-refractivity contribution >= 4 is 15.9 Å². The first-order valence-corrected chi connectivity index (χ1v) is 5.95. The smallest absolute Gasteiger partial charge is 0.0431 e. The van der Waals surface area contributed by atoms with Gasteiger partial charge in [0, 0.05) is 16.9 Å². The molecular weight excluding hydrogens is 250 g/mol. The van der Waals surface area contributed by atoms with Crippen LogP contribution in [0.4, 0.5) is 0 Å². The average Bonchev–Trinajstić information content (AvgIpc) is 2.24. The van der Waals surface area contributed by atoms with Crippen LogP contribution in [0.1, 0.15) is 31.9 Å². The van der Waals surface area contributed by atoms with Crippen LogP contribution in [0.3, 0.4) is 0 Å². The first-order valence-electron chi connectivity index (χ1n) is 5.16. The van der Waals surface area contributed by atoms with E-state index in [2.05, 4.69) is 58.2 Å². The molecule has 1 rings (SSSR count). The summed E-state index contributed by atoms with van der Waals surface area (Å²) in [5.41, 5.74) is 1.29. The molecule has 1 atom stereocenters. The molecule has 1 aromatic carbocycles. The average molecular weight is 266 g/mol. The van der Waals surface area contributed by atoms with Crippen molar-refractivity contribution in [3.8, 4) is 11.8 Å². The predicted octanol–water partition coefficient (Wildman–Crippen LogP) is 3.51. The summed E-state index contributed by atoms with van der Waals surface area (Å²) < 4.78 is 1.12. The van der Waals surface area contributed by atoms with Crippen LogP contribution in [0.2, 0.25) is 0 Å². The molecular formula is C13H16BrN. The highest BCUT2D eigenvalue weighted by molar-refractivity contribution is 9.10. The molecule has 80 valence electrons. The molecule has 15 heavy (non-hydrogen) atoms. The molecule has 0 aliphatic heterocycles. The third-order valence-corrected chi connectivity index (χ3v) is 2.68. The minimum absolute atomic E-state index is 0.333. The molecule has 0 aromatic heterocycles. The molecule has 1 aromatic rings. The number of hydrogen-bond donors (Lipinski definition) is 1. The van der Waals surface area contributed by atoms with E-state index in [4.69, 9.17) is 0 Å². The summed E-state index contributed by atoms with van der Waals surface area (Å²) in [4.78, 5) is 0. The molecule has 1 N–H and O–H groups in total. The van der Waals surface area contributed by atoms with Crippen molar-refractivity contribution in [2.24, 2.45) is 0 Å². The van der Waals surface area contributed by atoms with Gasteiger partial charge in [-0.1, -0.05) is 35.0 Å². The molecule has 0 heterocycles. The van der Waals surface area contributed by atoms with Crippen molar-refractivity contribution in [1.29, 1.82) is 0 Å². The lowest BCUT2D eigenvalue weighted by Gasteiger charge is -2.15. The Morgan fingerprint density at radius 2 is 2.27 bits per heavy atom. The molecule has 0 bridgehead atoms. The highest BCUT2D eigenvalue weighted by Crippen LogP contribution is 2.20. The lowest BCUT2D eigenvalue weighted by molar-refractivity contribution is 0.565. The Labute approximate surface area is 100 Å². The number of hydrogen-bond acceptors (Lipinski definition) is 1. The van der Waals surface area contributed by atoms with Crippen molar-refractivity contribution in [1.82, 2.24) is 5.32 Å². The molecule has 0 radical (unpaired) electrons. The van der Waals surface area contributed by atoms with E-state index in [0.717, 1.165) is 17.4 Å². The molecule has 1 nitrogen and oxygen atoms in total. The van der Waals surface area contributed by atoms with Gasteiger partial charge in [-0.2, -0.15) is 0 Å². The zero-order valence-electron chi connectivity index (χ0n) is 9.18. The van der Waals surface area contributed by atoms with E-state index in [0.29, 0.717) is 6.04 Å². The first-order chi connectivity index (χ1) is 7.27. The molecule has 0 spiro atoms. The maximum atomic E-state index is 3.49. The normalized spacial score (nSPS) is 11.7. The fourth-order valence-electron chi connectivity index (χ4n) is 1.48. The van der Waals surface area contributed by atoms with Gasteiger partial charge < -0.3 is 5.32 Å². The molecule has 0 aliphatic carbocycles. The third kappa shape index (κ3) is 4.07. The van der Waals surface area contributed by atoms with E-state index in [9.17, 15) is 0 Å². The maximum Gasteiger partial charge on any atom is 0.0431 e. The van der Waals surface area contributed by atoms with Gasteiger partial charge in [-0.25, -0.2) is 0 Å². The third-order valence-electron chi connectivity index (χ3n) is 2.18. The van der Waals surface area contributed by atoms with E-state index in [-0.39, 0.29) is 0 Å². The summed E-state index contributed by atoms with van der Waals surface area (Å²) in [7, 11) is 0.